The molecule has 6 nitrogen and oxygen atoms in total. The van der Waals surface area contributed by atoms with Gasteiger partial charge in [0.2, 0.25) is 0 Å². The molecule has 31 heavy (non-hydrogen) atoms. The fourth-order valence-electron chi connectivity index (χ4n) is 3.94. The van der Waals surface area contributed by atoms with Crippen LogP contribution in [0, 0.1) is 6.92 Å². The van der Waals surface area contributed by atoms with Crippen molar-refractivity contribution in [1.82, 2.24) is 9.88 Å². The molecule has 158 valence electrons. The average molecular weight is 416 g/mol. The van der Waals surface area contributed by atoms with Gasteiger partial charge in [0.25, 0.3) is 0 Å². The molecule has 1 N–H and O–H groups in total. The topological polar surface area (TPSA) is 75.5 Å². The fraction of sp³-hybridized carbons (Fsp3) is 0.200. The lowest BCUT2D eigenvalue weighted by Crippen LogP contribution is -2.30. The monoisotopic (exact) mass is 416 g/mol. The molecular weight excluding hydrogens is 392 g/mol. The van der Waals surface area contributed by atoms with Gasteiger partial charge in [0, 0.05) is 22.7 Å². The van der Waals surface area contributed by atoms with Gasteiger partial charge in [0.1, 0.15) is 17.1 Å². The second-order valence-corrected chi connectivity index (χ2v) is 7.51. The number of nitrogens with one attached hydrogen (secondary N) is 1. The number of aryl methyl sites for hydroxylation is 1. The number of benzene rings is 2. The number of aromatic amines is 1. The molecule has 2 aromatic carbocycles. The molecule has 0 amide bonds. The van der Waals surface area contributed by atoms with Crippen molar-refractivity contribution in [2.24, 2.45) is 0 Å². The van der Waals surface area contributed by atoms with E-state index >= 15 is 0 Å². The van der Waals surface area contributed by atoms with Crippen molar-refractivity contribution in [3.63, 3.8) is 0 Å². The molecule has 6 heteroatoms. The first-order chi connectivity index (χ1) is 15.0. The van der Waals surface area contributed by atoms with E-state index in [9.17, 15) is 9.59 Å². The number of carbonyl (C=O) groups excluding carboxylic acids is 2. The van der Waals surface area contributed by atoms with Gasteiger partial charge in [-0.25, -0.2) is 4.79 Å². The Hall–Kier alpha value is -3.64. The Kier molecular flexibility index (Phi) is 5.73. The molecule has 0 radical (unpaired) electrons. The van der Waals surface area contributed by atoms with Crippen LogP contribution in [0.15, 0.2) is 71.3 Å². The van der Waals surface area contributed by atoms with Crippen molar-refractivity contribution >= 4 is 22.7 Å². The molecule has 4 rings (SSSR count). The molecule has 1 atom stereocenters. The average Bonchev–Trinajstić information content (AvgIpc) is 3.37. The first-order valence-electron chi connectivity index (χ1n) is 10.0. The summed E-state index contributed by atoms with van der Waals surface area (Å²) in [6.07, 6.45) is 1.77. The minimum atomic E-state index is -0.521. The van der Waals surface area contributed by atoms with Gasteiger partial charge in [-0.3, -0.25) is 9.69 Å². The second kappa shape index (κ2) is 8.62. The largest absolute Gasteiger partial charge is 0.465 e. The van der Waals surface area contributed by atoms with Gasteiger partial charge >= 0.3 is 5.97 Å². The molecule has 2 heterocycles. The number of hydrogen-bond donors (Lipinski definition) is 1. The van der Waals surface area contributed by atoms with Crippen molar-refractivity contribution in [1.29, 1.82) is 0 Å². The lowest BCUT2D eigenvalue weighted by molar-refractivity contribution is 0.0598. The molecule has 0 aliphatic rings. The van der Waals surface area contributed by atoms with Gasteiger partial charge in [-0.1, -0.05) is 48.5 Å². The van der Waals surface area contributed by atoms with E-state index in [0.29, 0.717) is 29.2 Å². The summed E-state index contributed by atoms with van der Waals surface area (Å²) in [5.74, 6) is 0.634. The third-order valence-electron chi connectivity index (χ3n) is 5.44. The van der Waals surface area contributed by atoms with Crippen molar-refractivity contribution in [2.75, 3.05) is 14.2 Å². The normalized spacial score (nSPS) is 12.3. The number of rotatable bonds is 7. The van der Waals surface area contributed by atoms with E-state index in [1.165, 1.54) is 7.11 Å². The minimum absolute atomic E-state index is 0.0115. The Balaban J connectivity index is 1.69. The number of methoxy groups -OCH3 is 1. The maximum Gasteiger partial charge on any atom is 0.341 e. The molecule has 0 aliphatic carbocycles. The Morgan fingerprint density at radius 3 is 2.52 bits per heavy atom. The van der Waals surface area contributed by atoms with E-state index < -0.39 is 12.0 Å². The minimum Gasteiger partial charge on any atom is -0.465 e. The number of para-hydroxylation sites is 1. The number of fused-ring (bicyclic) bond motifs is 1. The standard InChI is InChI=1S/C25H24N2O4/c1-16-20(25(29)30-3)13-18(31-16)15-27(2)23(17-9-5-4-6-10-17)24(28)21-14-26-22-12-8-7-11-19(21)22/h4-14,23,26H,15H2,1-3H3/t23-/m0/s1. The first kappa shape index (κ1) is 20.6. The van der Waals surface area contributed by atoms with E-state index in [1.807, 2.05) is 66.5 Å². The van der Waals surface area contributed by atoms with E-state index in [1.54, 1.807) is 19.2 Å². The lowest BCUT2D eigenvalue weighted by Gasteiger charge is -2.26. The quantitative estimate of drug-likeness (QED) is 0.342. The number of aromatic nitrogens is 1. The maximum absolute atomic E-state index is 13.7. The number of esters is 1. The van der Waals surface area contributed by atoms with Crippen LogP contribution in [0.4, 0.5) is 0 Å². The van der Waals surface area contributed by atoms with Gasteiger partial charge in [0.05, 0.1) is 19.7 Å². The maximum atomic E-state index is 13.7. The molecule has 0 saturated carbocycles. The predicted octanol–water partition coefficient (Wildman–Crippen LogP) is 4.91. The van der Waals surface area contributed by atoms with Crippen molar-refractivity contribution < 1.29 is 18.7 Å². The molecule has 0 aliphatic heterocycles. The number of likely N-dealkylation sites (N-methyl/N-ethyl adjacent to an activating group) is 1. The lowest BCUT2D eigenvalue weighted by atomic mass is 9.95. The molecule has 4 aromatic rings. The summed E-state index contributed by atoms with van der Waals surface area (Å²) >= 11 is 0. The van der Waals surface area contributed by atoms with Gasteiger partial charge in [-0.2, -0.15) is 0 Å². The fourth-order valence-corrected chi connectivity index (χ4v) is 3.94. The predicted molar refractivity (Wildman–Crippen MR) is 118 cm³/mol. The van der Waals surface area contributed by atoms with Crippen molar-refractivity contribution in [2.45, 2.75) is 19.5 Å². The summed E-state index contributed by atoms with van der Waals surface area (Å²) in [6.45, 7) is 2.08. The number of Topliss-reactive ketones (excluding diaryl/α,β-unsaturated/α-hetero) is 1. The summed E-state index contributed by atoms with van der Waals surface area (Å²) < 4.78 is 10.6. The van der Waals surface area contributed by atoms with E-state index in [-0.39, 0.29) is 5.78 Å². The van der Waals surface area contributed by atoms with Crippen LogP contribution < -0.4 is 0 Å². The van der Waals surface area contributed by atoms with Crippen LogP contribution >= 0.6 is 0 Å². The van der Waals surface area contributed by atoms with E-state index in [0.717, 1.165) is 16.5 Å². The van der Waals surface area contributed by atoms with Crippen LogP contribution in [0.2, 0.25) is 0 Å². The molecule has 0 bridgehead atoms. The Morgan fingerprint density at radius 1 is 1.06 bits per heavy atom. The number of nitrogens with zero attached hydrogens (tertiary/aromatic N) is 1. The SMILES string of the molecule is COC(=O)c1cc(CN(C)[C@H](C(=O)c2c[nH]c3ccccc23)c2ccccc2)oc1C. The molecule has 2 aromatic heterocycles. The smallest absolute Gasteiger partial charge is 0.341 e. The summed E-state index contributed by atoms with van der Waals surface area (Å²) in [5, 5.41) is 0.892. The van der Waals surface area contributed by atoms with Crippen LogP contribution in [0.3, 0.4) is 0 Å². The summed E-state index contributed by atoms with van der Waals surface area (Å²) in [6, 6.07) is 18.6. The van der Waals surface area contributed by atoms with E-state index in [4.69, 9.17) is 9.15 Å². The molecule has 0 unspecified atom stereocenters. The zero-order valence-corrected chi connectivity index (χ0v) is 17.7. The number of hydrogen-bond acceptors (Lipinski definition) is 5. The van der Waals surface area contributed by atoms with E-state index in [2.05, 4.69) is 4.98 Å². The third-order valence-corrected chi connectivity index (χ3v) is 5.44. The van der Waals surface area contributed by atoms with Gasteiger partial charge in [0.15, 0.2) is 5.78 Å². The summed E-state index contributed by atoms with van der Waals surface area (Å²) in [5.41, 5.74) is 2.84. The highest BCUT2D eigenvalue weighted by Gasteiger charge is 2.29. The van der Waals surface area contributed by atoms with Gasteiger partial charge < -0.3 is 14.1 Å². The Bertz CT molecular complexity index is 1220. The van der Waals surface area contributed by atoms with Crippen LogP contribution in [-0.4, -0.2) is 35.8 Å². The zero-order chi connectivity index (χ0) is 22.0. The van der Waals surface area contributed by atoms with Crippen LogP contribution in [0.25, 0.3) is 10.9 Å². The number of furan rings is 1. The highest BCUT2D eigenvalue weighted by atomic mass is 16.5. The van der Waals surface area contributed by atoms with Crippen molar-refractivity contribution in [3.8, 4) is 0 Å². The van der Waals surface area contributed by atoms with Crippen LogP contribution in [-0.2, 0) is 11.3 Å². The molecule has 0 saturated heterocycles. The number of ketones is 1. The van der Waals surface area contributed by atoms with Gasteiger partial charge in [-0.15, -0.1) is 0 Å². The van der Waals surface area contributed by atoms with Crippen LogP contribution in [0.5, 0.6) is 0 Å². The number of ether oxygens (including phenoxy) is 1. The summed E-state index contributed by atoms with van der Waals surface area (Å²) in [4.78, 5) is 30.7. The molecular formula is C25H24N2O4. The highest BCUT2D eigenvalue weighted by Crippen LogP contribution is 2.30. The highest BCUT2D eigenvalue weighted by molar-refractivity contribution is 6.10. The number of H-pyrrole nitrogens is 1. The molecule has 0 spiro atoms. The van der Waals surface area contributed by atoms with Gasteiger partial charge in [-0.05, 0) is 31.7 Å². The zero-order valence-electron chi connectivity index (χ0n) is 17.7. The Morgan fingerprint density at radius 2 is 1.77 bits per heavy atom. The second-order valence-electron chi connectivity index (χ2n) is 7.51. The third kappa shape index (κ3) is 4.02. The van der Waals surface area contributed by atoms with Crippen LogP contribution in [0.1, 0.15) is 43.8 Å². The summed E-state index contributed by atoms with van der Waals surface area (Å²) in [7, 11) is 3.21. The first-order valence-corrected chi connectivity index (χ1v) is 10.0. The Labute approximate surface area is 180 Å². The molecule has 0 fully saturated rings. The number of carbonyl (C=O) groups is 2. The van der Waals surface area contributed by atoms with Crippen molar-refractivity contribution in [3.05, 3.63) is 95.1 Å².